The number of hydrogen-bond acceptors (Lipinski definition) is 0. The molecule has 0 spiro atoms. The molecule has 4 atom stereocenters. The molecule has 13 heavy (non-hydrogen) atoms. The first-order valence-electron chi connectivity index (χ1n) is 5.48. The number of fused-ring (bicyclic) bond motifs is 2. The lowest BCUT2D eigenvalue weighted by Gasteiger charge is -2.26. The summed E-state index contributed by atoms with van der Waals surface area (Å²) in [7, 11) is 0. The Morgan fingerprint density at radius 3 is 2.62 bits per heavy atom. The number of allylic oxidation sites excluding steroid dienone is 2. The van der Waals surface area contributed by atoms with Crippen molar-refractivity contribution < 1.29 is 0 Å². The average Bonchev–Trinajstić information content (AvgIpc) is 2.64. The maximum Gasteiger partial charge on any atom is 0.127 e. The highest BCUT2D eigenvalue weighted by molar-refractivity contribution is 9.26. The van der Waals surface area contributed by atoms with Crippen LogP contribution in [0.1, 0.15) is 19.8 Å². The summed E-state index contributed by atoms with van der Waals surface area (Å²) < 4.78 is 0. The third-order valence-corrected chi connectivity index (χ3v) is 9.34. The molecule has 0 saturated heterocycles. The minimum atomic E-state index is -1.00. The minimum absolute atomic E-state index is 0.945. The van der Waals surface area contributed by atoms with Gasteiger partial charge in [0, 0.05) is 0 Å². The molecule has 0 aromatic carbocycles. The van der Waals surface area contributed by atoms with Gasteiger partial charge in [-0.2, -0.15) is 0 Å². The van der Waals surface area contributed by atoms with Crippen LogP contribution in [-0.4, -0.2) is 6.69 Å². The summed E-state index contributed by atoms with van der Waals surface area (Å²) in [6.45, 7) is 3.81. The Labute approximate surface area is 90.4 Å². The van der Waals surface area contributed by atoms with E-state index in [-0.39, 0.29) is 0 Å². The van der Waals surface area contributed by atoms with Gasteiger partial charge in [0.05, 0.1) is 0 Å². The van der Waals surface area contributed by atoms with Crippen molar-refractivity contribution in [3.05, 3.63) is 12.2 Å². The molecule has 0 aromatic heterocycles. The summed E-state index contributed by atoms with van der Waals surface area (Å²) in [5.74, 6) is 2.91. The van der Waals surface area contributed by atoms with Crippen molar-refractivity contribution >= 4 is 22.0 Å². The van der Waals surface area contributed by atoms with E-state index in [2.05, 4.69) is 40.9 Å². The van der Waals surface area contributed by atoms with Crippen LogP contribution in [0.4, 0.5) is 0 Å². The van der Waals surface area contributed by atoms with Crippen LogP contribution in [0.15, 0.2) is 12.2 Å². The molecule has 4 unspecified atom stereocenters. The molecule has 2 heteroatoms. The molecule has 0 nitrogen and oxygen atoms in total. The Morgan fingerprint density at radius 1 is 1.38 bits per heavy atom. The van der Waals surface area contributed by atoms with Gasteiger partial charge in [-0.25, -0.2) is 0 Å². The largest absolute Gasteiger partial charge is 0.127 e. The zero-order chi connectivity index (χ0) is 9.47. The second-order valence-corrected chi connectivity index (χ2v) is 14.7. The first-order chi connectivity index (χ1) is 6.11. The predicted molar refractivity (Wildman–Crippen MR) is 64.7 cm³/mol. The van der Waals surface area contributed by atoms with Gasteiger partial charge in [-0.1, -0.05) is 31.7 Å². The summed E-state index contributed by atoms with van der Waals surface area (Å²) >= 11 is 3.98. The van der Waals surface area contributed by atoms with E-state index in [0.29, 0.717) is 0 Å². The summed E-state index contributed by atoms with van der Waals surface area (Å²) in [4.78, 5) is 0. The third kappa shape index (κ3) is 2.09. The van der Waals surface area contributed by atoms with Crippen molar-refractivity contribution in [2.24, 2.45) is 17.8 Å². The van der Waals surface area contributed by atoms with Crippen molar-refractivity contribution in [2.75, 3.05) is 0 Å². The topological polar surface area (TPSA) is 0 Å². The van der Waals surface area contributed by atoms with E-state index < -0.39 is 6.69 Å². The maximum atomic E-state index is 3.98. The van der Waals surface area contributed by atoms with Gasteiger partial charge >= 0.3 is 0 Å². The zero-order valence-corrected chi connectivity index (χ0v) is 11.2. The van der Waals surface area contributed by atoms with E-state index in [1.54, 1.807) is 0 Å². The Bertz CT molecular complexity index is 222. The first-order valence-corrected chi connectivity index (χ1v) is 10.6. The molecule has 0 aliphatic heterocycles. The van der Waals surface area contributed by atoms with E-state index in [0.717, 1.165) is 17.8 Å². The number of halogens is 1. The van der Waals surface area contributed by atoms with Crippen LogP contribution in [0, 0.1) is 17.8 Å². The van der Waals surface area contributed by atoms with Crippen molar-refractivity contribution in [1.29, 1.82) is 0 Å². The monoisotopic (exact) mass is 258 g/mol. The highest BCUT2D eigenvalue weighted by Gasteiger charge is 2.39. The molecule has 1 saturated carbocycles. The van der Waals surface area contributed by atoms with Gasteiger partial charge in [0.25, 0.3) is 0 Å². The molecule has 2 bridgehead atoms. The Morgan fingerprint density at radius 2 is 2.15 bits per heavy atom. The van der Waals surface area contributed by atoms with Crippen molar-refractivity contribution in [3.63, 3.8) is 0 Å². The van der Waals surface area contributed by atoms with E-state index in [4.69, 9.17) is 0 Å². The molecule has 0 heterocycles. The van der Waals surface area contributed by atoms with E-state index >= 15 is 0 Å². The fourth-order valence-corrected chi connectivity index (χ4v) is 5.92. The third-order valence-electron chi connectivity index (χ3n) is 3.84. The quantitative estimate of drug-likeness (QED) is 0.405. The van der Waals surface area contributed by atoms with Crippen LogP contribution in [0.2, 0.25) is 18.6 Å². The van der Waals surface area contributed by atoms with E-state index in [1.165, 1.54) is 24.9 Å². The van der Waals surface area contributed by atoms with Gasteiger partial charge in [0.2, 0.25) is 0 Å². The number of rotatable bonds is 3. The molecular formula is C11H19BrSi. The summed E-state index contributed by atoms with van der Waals surface area (Å²) in [6, 6.07) is 2.87. The van der Waals surface area contributed by atoms with Gasteiger partial charge in [-0.15, -0.1) is 15.3 Å². The van der Waals surface area contributed by atoms with Crippen LogP contribution in [0.5, 0.6) is 0 Å². The minimum Gasteiger partial charge on any atom is -0.126 e. The predicted octanol–water partition coefficient (Wildman–Crippen LogP) is 4.19. The Kier molecular flexibility index (Phi) is 2.72. The molecule has 2 aliphatic carbocycles. The lowest BCUT2D eigenvalue weighted by atomic mass is 9.96. The molecule has 0 aromatic rings. The number of hydrogen-bond donors (Lipinski definition) is 0. The van der Waals surface area contributed by atoms with Gasteiger partial charge in [0.1, 0.15) is 6.69 Å². The second kappa shape index (κ2) is 3.54. The van der Waals surface area contributed by atoms with Crippen LogP contribution in [0.25, 0.3) is 0 Å². The maximum absolute atomic E-state index is 3.98. The SMILES string of the molecule is CC[Si](C)(Br)CC1CC2C=CC1C2. The summed E-state index contributed by atoms with van der Waals surface area (Å²) in [5, 5.41) is 0. The lowest BCUT2D eigenvalue weighted by molar-refractivity contribution is 0.488. The van der Waals surface area contributed by atoms with Crippen LogP contribution in [0.3, 0.4) is 0 Å². The smallest absolute Gasteiger partial charge is 0.126 e. The molecule has 1 fully saturated rings. The molecule has 2 aliphatic rings. The van der Waals surface area contributed by atoms with Crippen molar-refractivity contribution in [2.45, 2.75) is 38.4 Å². The molecule has 74 valence electrons. The van der Waals surface area contributed by atoms with Gasteiger partial charge in [-0.05, 0) is 36.6 Å². The normalized spacial score (nSPS) is 41.0. The van der Waals surface area contributed by atoms with E-state index in [9.17, 15) is 0 Å². The lowest BCUT2D eigenvalue weighted by Crippen LogP contribution is -2.25. The van der Waals surface area contributed by atoms with Gasteiger partial charge in [0.15, 0.2) is 0 Å². The van der Waals surface area contributed by atoms with Gasteiger partial charge in [-0.3, -0.25) is 0 Å². The molecular weight excluding hydrogens is 240 g/mol. The van der Waals surface area contributed by atoms with Crippen LogP contribution < -0.4 is 0 Å². The molecule has 0 amide bonds. The molecule has 0 N–H and O–H groups in total. The Hall–Kier alpha value is 0.437. The average molecular weight is 259 g/mol. The molecule has 0 radical (unpaired) electrons. The summed E-state index contributed by atoms with van der Waals surface area (Å²) in [6.07, 6.45) is 7.87. The van der Waals surface area contributed by atoms with Crippen molar-refractivity contribution in [1.82, 2.24) is 0 Å². The highest BCUT2D eigenvalue weighted by Crippen LogP contribution is 2.47. The Balaban J connectivity index is 1.94. The molecule has 2 rings (SSSR count). The van der Waals surface area contributed by atoms with Gasteiger partial charge < -0.3 is 0 Å². The first kappa shape index (κ1) is 9.97. The second-order valence-electron chi connectivity index (χ2n) is 5.01. The van der Waals surface area contributed by atoms with Crippen LogP contribution in [-0.2, 0) is 0 Å². The zero-order valence-electron chi connectivity index (χ0n) is 8.59. The van der Waals surface area contributed by atoms with E-state index in [1.807, 2.05) is 0 Å². The fourth-order valence-electron chi connectivity index (χ4n) is 2.82. The fraction of sp³-hybridized carbons (Fsp3) is 0.818. The highest BCUT2D eigenvalue weighted by atomic mass is 79.9. The van der Waals surface area contributed by atoms with Crippen molar-refractivity contribution in [3.8, 4) is 0 Å². The van der Waals surface area contributed by atoms with Crippen LogP contribution >= 0.6 is 15.3 Å². The summed E-state index contributed by atoms with van der Waals surface area (Å²) in [5.41, 5.74) is 0. The standard InChI is InChI=1S/C11H19BrSi/c1-3-13(2,12)8-11-7-9-4-5-10(11)6-9/h4-5,9-11H,3,6-8H2,1-2H3.